The van der Waals surface area contributed by atoms with Crippen molar-refractivity contribution < 1.29 is 13.7 Å². The van der Waals surface area contributed by atoms with Crippen LogP contribution in [-0.2, 0) is 4.79 Å². The molecule has 1 fully saturated rings. The number of benzene rings is 1. The van der Waals surface area contributed by atoms with Gasteiger partial charge in [0.05, 0.1) is 11.1 Å². The molecule has 3 aromatic rings. The van der Waals surface area contributed by atoms with Gasteiger partial charge in [-0.05, 0) is 30.7 Å². The lowest BCUT2D eigenvalue weighted by atomic mass is 10.1. The highest BCUT2D eigenvalue weighted by molar-refractivity contribution is 5.86. The molecule has 2 aromatic heterocycles. The lowest BCUT2D eigenvalue weighted by molar-refractivity contribution is -0.132. The zero-order valence-electron chi connectivity index (χ0n) is 15.7. The third kappa shape index (κ3) is 3.21. The van der Waals surface area contributed by atoms with Crippen LogP contribution in [0.2, 0.25) is 0 Å². The van der Waals surface area contributed by atoms with Gasteiger partial charge in [0, 0.05) is 26.3 Å². The molecular weight excluding hydrogens is 361 g/mol. The van der Waals surface area contributed by atoms with Crippen molar-refractivity contribution in [2.24, 2.45) is 0 Å². The second kappa shape index (κ2) is 7.38. The molecular formula is C20H20FN5O2. The lowest BCUT2D eigenvalue weighted by Crippen LogP contribution is -2.55. The number of nitrogens with zero attached hydrogens (tertiary/aromatic N) is 5. The maximum Gasteiger partial charge on any atom is 0.259 e. The molecule has 0 N–H and O–H groups in total. The van der Waals surface area contributed by atoms with Crippen molar-refractivity contribution in [3.63, 3.8) is 0 Å². The van der Waals surface area contributed by atoms with Crippen LogP contribution in [0.25, 0.3) is 22.8 Å². The number of hydrogen-bond donors (Lipinski definition) is 0. The number of anilines is 1. The van der Waals surface area contributed by atoms with E-state index < -0.39 is 5.82 Å². The van der Waals surface area contributed by atoms with Gasteiger partial charge in [-0.25, -0.2) is 9.37 Å². The van der Waals surface area contributed by atoms with Crippen LogP contribution in [0.5, 0.6) is 0 Å². The summed E-state index contributed by atoms with van der Waals surface area (Å²) in [6.07, 6.45) is 2.34. The van der Waals surface area contributed by atoms with E-state index in [0.717, 1.165) is 12.4 Å². The van der Waals surface area contributed by atoms with Gasteiger partial charge in [0.15, 0.2) is 0 Å². The number of carbonyl (C=O) groups is 1. The zero-order valence-corrected chi connectivity index (χ0v) is 15.7. The standard InChI is InChI=1S/C20H20FN5O2/c1-3-16-20(27)25(2)10-11-26(16)17-9-8-13(12-22-17)19-23-18(24-28-19)14-6-4-5-7-15(14)21/h4-9,12,16H,3,10-11H2,1-2H3/t16-/m1/s1. The van der Waals surface area contributed by atoms with E-state index in [1.54, 1.807) is 29.3 Å². The summed E-state index contributed by atoms with van der Waals surface area (Å²) in [7, 11) is 1.82. The first-order valence-electron chi connectivity index (χ1n) is 9.15. The van der Waals surface area contributed by atoms with Gasteiger partial charge in [0.1, 0.15) is 17.7 Å². The Hall–Kier alpha value is -3.29. The van der Waals surface area contributed by atoms with Crippen LogP contribution in [0, 0.1) is 5.82 Å². The summed E-state index contributed by atoms with van der Waals surface area (Å²) in [6.45, 7) is 3.38. The fourth-order valence-corrected chi connectivity index (χ4v) is 3.36. The first-order chi connectivity index (χ1) is 13.6. The normalized spacial score (nSPS) is 17.2. The molecule has 0 unspecified atom stereocenters. The van der Waals surface area contributed by atoms with E-state index in [2.05, 4.69) is 15.1 Å². The fourth-order valence-electron chi connectivity index (χ4n) is 3.36. The van der Waals surface area contributed by atoms with Crippen molar-refractivity contribution in [1.29, 1.82) is 0 Å². The molecule has 1 atom stereocenters. The number of rotatable bonds is 4. The summed E-state index contributed by atoms with van der Waals surface area (Å²) in [6, 6.07) is 9.71. The number of likely N-dealkylation sites (N-methyl/N-ethyl adjacent to an activating group) is 1. The molecule has 0 bridgehead atoms. The Bertz CT molecular complexity index is 988. The van der Waals surface area contributed by atoms with Gasteiger partial charge < -0.3 is 14.3 Å². The molecule has 8 heteroatoms. The smallest absolute Gasteiger partial charge is 0.259 e. The molecule has 0 spiro atoms. The number of pyridine rings is 1. The maximum absolute atomic E-state index is 13.9. The molecule has 0 saturated carbocycles. The summed E-state index contributed by atoms with van der Waals surface area (Å²) in [5.41, 5.74) is 0.913. The molecule has 0 aliphatic carbocycles. The van der Waals surface area contributed by atoms with E-state index in [9.17, 15) is 9.18 Å². The molecule has 28 heavy (non-hydrogen) atoms. The van der Waals surface area contributed by atoms with Crippen molar-refractivity contribution in [3.05, 3.63) is 48.4 Å². The summed E-state index contributed by atoms with van der Waals surface area (Å²) in [5, 5.41) is 3.87. The Morgan fingerprint density at radius 1 is 1.21 bits per heavy atom. The molecule has 1 saturated heterocycles. The molecule has 1 aliphatic rings. The van der Waals surface area contributed by atoms with Gasteiger partial charge in [-0.3, -0.25) is 4.79 Å². The van der Waals surface area contributed by atoms with Crippen LogP contribution in [-0.4, -0.2) is 52.1 Å². The number of hydrogen-bond acceptors (Lipinski definition) is 6. The minimum atomic E-state index is -0.409. The Balaban J connectivity index is 1.57. The minimum absolute atomic E-state index is 0.103. The molecule has 1 aliphatic heterocycles. The maximum atomic E-state index is 13.9. The Labute approximate surface area is 161 Å². The van der Waals surface area contributed by atoms with Crippen LogP contribution in [0.1, 0.15) is 13.3 Å². The molecule has 3 heterocycles. The highest BCUT2D eigenvalue weighted by atomic mass is 19.1. The first-order valence-corrected chi connectivity index (χ1v) is 9.15. The average molecular weight is 381 g/mol. The van der Waals surface area contributed by atoms with Gasteiger partial charge in [-0.2, -0.15) is 4.98 Å². The molecule has 1 aromatic carbocycles. The van der Waals surface area contributed by atoms with Gasteiger partial charge in [-0.1, -0.05) is 24.2 Å². The summed E-state index contributed by atoms with van der Waals surface area (Å²) < 4.78 is 19.2. The highest BCUT2D eigenvalue weighted by Crippen LogP contribution is 2.26. The third-order valence-corrected chi connectivity index (χ3v) is 4.93. The average Bonchev–Trinajstić information content (AvgIpc) is 3.20. The minimum Gasteiger partial charge on any atom is -0.343 e. The summed E-state index contributed by atoms with van der Waals surface area (Å²) in [5.74, 6) is 0.873. The van der Waals surface area contributed by atoms with Crippen LogP contribution in [0.4, 0.5) is 10.2 Å². The molecule has 144 valence electrons. The monoisotopic (exact) mass is 381 g/mol. The quantitative estimate of drug-likeness (QED) is 0.692. The SMILES string of the molecule is CC[C@@H]1C(=O)N(C)CCN1c1ccc(-c2nc(-c3ccccc3F)no2)cn1. The van der Waals surface area contributed by atoms with E-state index in [4.69, 9.17) is 4.52 Å². The molecule has 0 radical (unpaired) electrons. The van der Waals surface area contributed by atoms with Gasteiger partial charge in [0.2, 0.25) is 11.7 Å². The Morgan fingerprint density at radius 3 is 2.75 bits per heavy atom. The Morgan fingerprint density at radius 2 is 2.04 bits per heavy atom. The predicted molar refractivity (Wildman–Crippen MR) is 102 cm³/mol. The number of carbonyl (C=O) groups excluding carboxylic acids is 1. The summed E-state index contributed by atoms with van der Waals surface area (Å²) >= 11 is 0. The van der Waals surface area contributed by atoms with Gasteiger partial charge in [-0.15, -0.1) is 0 Å². The number of aromatic nitrogens is 3. The van der Waals surface area contributed by atoms with Gasteiger partial charge in [0.25, 0.3) is 5.89 Å². The molecule has 1 amide bonds. The number of piperazine rings is 1. The zero-order chi connectivity index (χ0) is 19.7. The van der Waals surface area contributed by atoms with E-state index >= 15 is 0 Å². The van der Waals surface area contributed by atoms with Crippen LogP contribution < -0.4 is 4.90 Å². The van der Waals surface area contributed by atoms with Crippen LogP contribution >= 0.6 is 0 Å². The van der Waals surface area contributed by atoms with Gasteiger partial charge >= 0.3 is 0 Å². The van der Waals surface area contributed by atoms with E-state index in [-0.39, 0.29) is 29.2 Å². The number of amides is 1. The van der Waals surface area contributed by atoms with Crippen molar-refractivity contribution in [2.75, 3.05) is 25.0 Å². The highest BCUT2D eigenvalue weighted by Gasteiger charge is 2.32. The predicted octanol–water partition coefficient (Wildman–Crippen LogP) is 2.99. The topological polar surface area (TPSA) is 75.4 Å². The first kappa shape index (κ1) is 18.1. The van der Waals surface area contributed by atoms with E-state index in [0.29, 0.717) is 18.5 Å². The van der Waals surface area contributed by atoms with Crippen molar-refractivity contribution in [1.82, 2.24) is 20.0 Å². The van der Waals surface area contributed by atoms with Crippen LogP contribution in [0.3, 0.4) is 0 Å². The summed E-state index contributed by atoms with van der Waals surface area (Å²) in [4.78, 5) is 24.9. The second-order valence-corrected chi connectivity index (χ2v) is 6.69. The van der Waals surface area contributed by atoms with Crippen molar-refractivity contribution >= 4 is 11.7 Å². The van der Waals surface area contributed by atoms with E-state index in [1.807, 2.05) is 31.0 Å². The fraction of sp³-hybridized carbons (Fsp3) is 0.300. The lowest BCUT2D eigenvalue weighted by Gasteiger charge is -2.39. The Kier molecular flexibility index (Phi) is 4.77. The van der Waals surface area contributed by atoms with Crippen molar-refractivity contribution in [2.45, 2.75) is 19.4 Å². The van der Waals surface area contributed by atoms with Crippen LogP contribution in [0.15, 0.2) is 47.1 Å². The van der Waals surface area contributed by atoms with Crippen molar-refractivity contribution in [3.8, 4) is 22.8 Å². The molecule has 7 nitrogen and oxygen atoms in total. The second-order valence-electron chi connectivity index (χ2n) is 6.69. The third-order valence-electron chi connectivity index (χ3n) is 4.93. The largest absolute Gasteiger partial charge is 0.343 e. The number of halogens is 1. The molecule has 4 rings (SSSR count). The van der Waals surface area contributed by atoms with E-state index in [1.165, 1.54) is 6.07 Å².